The third-order valence-electron chi connectivity index (χ3n) is 2.93. The highest BCUT2D eigenvalue weighted by atomic mass is 32.1. The van der Waals surface area contributed by atoms with E-state index in [2.05, 4.69) is 24.7 Å². The van der Waals surface area contributed by atoms with Gasteiger partial charge < -0.3 is 0 Å². The van der Waals surface area contributed by atoms with Crippen molar-refractivity contribution in [2.24, 2.45) is 11.8 Å². The molecule has 0 amide bonds. The number of hydrazine groups is 1. The zero-order valence-corrected chi connectivity index (χ0v) is 8.95. The Balaban J connectivity index is 2.26. The molecule has 1 aromatic rings. The Labute approximate surface area is 83.1 Å². The quantitative estimate of drug-likeness (QED) is 0.575. The Morgan fingerprint density at radius 2 is 2.23 bits per heavy atom. The standard InChI is InChI=1S/C10H16N2S/c1-6-7(2)13-5-9(6)10(12-11)8-3-4-8/h5,8,10,12H,3-4,11H2,1-2H3. The summed E-state index contributed by atoms with van der Waals surface area (Å²) in [4.78, 5) is 1.41. The van der Waals surface area contributed by atoms with Gasteiger partial charge in [0.1, 0.15) is 0 Å². The zero-order valence-electron chi connectivity index (χ0n) is 8.13. The molecule has 3 heteroatoms. The molecule has 0 bridgehead atoms. The lowest BCUT2D eigenvalue weighted by molar-refractivity contribution is 0.496. The minimum absolute atomic E-state index is 0.393. The van der Waals surface area contributed by atoms with Gasteiger partial charge in [-0.1, -0.05) is 0 Å². The lowest BCUT2D eigenvalue weighted by atomic mass is 10.0. The maximum absolute atomic E-state index is 5.58. The summed E-state index contributed by atoms with van der Waals surface area (Å²) >= 11 is 1.82. The van der Waals surface area contributed by atoms with Gasteiger partial charge >= 0.3 is 0 Å². The van der Waals surface area contributed by atoms with Gasteiger partial charge in [0.25, 0.3) is 0 Å². The van der Waals surface area contributed by atoms with Crippen LogP contribution >= 0.6 is 11.3 Å². The fraction of sp³-hybridized carbons (Fsp3) is 0.600. The van der Waals surface area contributed by atoms with E-state index in [0.717, 1.165) is 5.92 Å². The van der Waals surface area contributed by atoms with E-state index in [1.807, 2.05) is 11.3 Å². The second kappa shape index (κ2) is 3.40. The first-order valence-electron chi connectivity index (χ1n) is 4.74. The summed E-state index contributed by atoms with van der Waals surface area (Å²) in [5, 5.41) is 2.24. The molecule has 1 aliphatic rings. The van der Waals surface area contributed by atoms with Crippen molar-refractivity contribution in [2.75, 3.05) is 0 Å². The maximum Gasteiger partial charge on any atom is 0.0499 e. The van der Waals surface area contributed by atoms with Gasteiger partial charge in [0, 0.05) is 10.9 Å². The molecule has 1 heterocycles. The highest BCUT2D eigenvalue weighted by Crippen LogP contribution is 2.42. The summed E-state index contributed by atoms with van der Waals surface area (Å²) in [7, 11) is 0. The molecule has 72 valence electrons. The number of hydrogen-bond donors (Lipinski definition) is 2. The van der Waals surface area contributed by atoms with Crippen LogP contribution in [0.3, 0.4) is 0 Å². The van der Waals surface area contributed by atoms with Gasteiger partial charge in [0.15, 0.2) is 0 Å². The highest BCUT2D eigenvalue weighted by molar-refractivity contribution is 7.10. The van der Waals surface area contributed by atoms with Gasteiger partial charge in [-0.25, -0.2) is 0 Å². The monoisotopic (exact) mass is 196 g/mol. The first kappa shape index (κ1) is 9.19. The van der Waals surface area contributed by atoms with Gasteiger partial charge in [-0.2, -0.15) is 0 Å². The minimum Gasteiger partial charge on any atom is -0.271 e. The van der Waals surface area contributed by atoms with Crippen LogP contribution in [0.15, 0.2) is 5.38 Å². The zero-order chi connectivity index (χ0) is 9.42. The molecule has 1 atom stereocenters. The van der Waals surface area contributed by atoms with Crippen molar-refractivity contribution in [3.8, 4) is 0 Å². The van der Waals surface area contributed by atoms with Crippen LogP contribution in [0.4, 0.5) is 0 Å². The molecule has 0 saturated heterocycles. The van der Waals surface area contributed by atoms with Crippen molar-refractivity contribution in [3.05, 3.63) is 21.4 Å². The summed E-state index contributed by atoms with van der Waals surface area (Å²) in [6.07, 6.45) is 2.65. The molecule has 0 radical (unpaired) electrons. The molecule has 1 aliphatic carbocycles. The Hall–Kier alpha value is -0.380. The van der Waals surface area contributed by atoms with Crippen molar-refractivity contribution in [1.82, 2.24) is 5.43 Å². The van der Waals surface area contributed by atoms with Crippen LogP contribution in [-0.2, 0) is 0 Å². The molecule has 1 unspecified atom stereocenters. The second-order valence-electron chi connectivity index (χ2n) is 3.85. The number of aryl methyl sites for hydroxylation is 1. The lowest BCUT2D eigenvalue weighted by Gasteiger charge is -2.14. The molecule has 3 N–H and O–H groups in total. The van der Waals surface area contributed by atoms with Crippen LogP contribution in [-0.4, -0.2) is 0 Å². The number of rotatable bonds is 3. The van der Waals surface area contributed by atoms with E-state index in [1.165, 1.54) is 28.8 Å². The maximum atomic E-state index is 5.58. The summed E-state index contributed by atoms with van der Waals surface area (Å²) in [6, 6.07) is 0.393. The Morgan fingerprint density at radius 3 is 2.62 bits per heavy atom. The van der Waals surface area contributed by atoms with Crippen molar-refractivity contribution < 1.29 is 0 Å². The van der Waals surface area contributed by atoms with Crippen molar-refractivity contribution in [2.45, 2.75) is 32.7 Å². The smallest absolute Gasteiger partial charge is 0.0499 e. The van der Waals surface area contributed by atoms with Gasteiger partial charge in [0.2, 0.25) is 0 Å². The number of hydrogen-bond acceptors (Lipinski definition) is 3. The summed E-state index contributed by atoms with van der Waals surface area (Å²) < 4.78 is 0. The molecule has 1 saturated carbocycles. The van der Waals surface area contributed by atoms with Crippen LogP contribution in [0.25, 0.3) is 0 Å². The minimum atomic E-state index is 0.393. The molecule has 0 spiro atoms. The highest BCUT2D eigenvalue weighted by Gasteiger charge is 2.32. The molecule has 2 rings (SSSR count). The van der Waals surface area contributed by atoms with E-state index < -0.39 is 0 Å². The topological polar surface area (TPSA) is 38.0 Å². The van der Waals surface area contributed by atoms with Gasteiger partial charge in [-0.3, -0.25) is 11.3 Å². The van der Waals surface area contributed by atoms with Crippen LogP contribution in [0, 0.1) is 19.8 Å². The number of nitrogens with one attached hydrogen (secondary N) is 1. The summed E-state index contributed by atoms with van der Waals surface area (Å²) in [6.45, 7) is 4.36. The van der Waals surface area contributed by atoms with Crippen molar-refractivity contribution in [1.29, 1.82) is 0 Å². The average Bonchev–Trinajstić information content (AvgIpc) is 2.89. The molecule has 1 fully saturated rings. The predicted octanol–water partition coefficient (Wildman–Crippen LogP) is 2.28. The van der Waals surface area contributed by atoms with Crippen LogP contribution < -0.4 is 11.3 Å². The Bertz CT molecular complexity index is 302. The fourth-order valence-electron chi connectivity index (χ4n) is 1.75. The van der Waals surface area contributed by atoms with Gasteiger partial charge in [0.05, 0.1) is 0 Å². The first-order valence-corrected chi connectivity index (χ1v) is 5.62. The van der Waals surface area contributed by atoms with Gasteiger partial charge in [-0.05, 0) is 49.1 Å². The Morgan fingerprint density at radius 1 is 1.54 bits per heavy atom. The third-order valence-corrected chi connectivity index (χ3v) is 3.96. The molecule has 0 aliphatic heterocycles. The number of nitrogens with two attached hydrogens (primary N) is 1. The summed E-state index contributed by atoms with van der Waals surface area (Å²) in [5.41, 5.74) is 5.77. The summed E-state index contributed by atoms with van der Waals surface area (Å²) in [5.74, 6) is 6.35. The molecule has 2 nitrogen and oxygen atoms in total. The molecule has 0 aromatic carbocycles. The predicted molar refractivity (Wildman–Crippen MR) is 56.6 cm³/mol. The van der Waals surface area contributed by atoms with E-state index in [9.17, 15) is 0 Å². The van der Waals surface area contributed by atoms with Crippen molar-refractivity contribution >= 4 is 11.3 Å². The molecule has 1 aromatic heterocycles. The fourth-order valence-corrected chi connectivity index (χ4v) is 2.67. The SMILES string of the molecule is Cc1scc(C(NN)C2CC2)c1C. The average molecular weight is 196 g/mol. The van der Waals surface area contributed by atoms with Crippen LogP contribution in [0.5, 0.6) is 0 Å². The second-order valence-corrected chi connectivity index (χ2v) is 4.94. The van der Waals surface area contributed by atoms with Crippen LogP contribution in [0.2, 0.25) is 0 Å². The normalized spacial score (nSPS) is 19.0. The first-order chi connectivity index (χ1) is 6.24. The van der Waals surface area contributed by atoms with Gasteiger partial charge in [-0.15, -0.1) is 11.3 Å². The van der Waals surface area contributed by atoms with E-state index in [4.69, 9.17) is 5.84 Å². The van der Waals surface area contributed by atoms with E-state index in [0.29, 0.717) is 6.04 Å². The molecule has 13 heavy (non-hydrogen) atoms. The van der Waals surface area contributed by atoms with E-state index in [-0.39, 0.29) is 0 Å². The molecular weight excluding hydrogens is 180 g/mol. The molecular formula is C10H16N2S. The largest absolute Gasteiger partial charge is 0.271 e. The lowest BCUT2D eigenvalue weighted by Crippen LogP contribution is -2.29. The van der Waals surface area contributed by atoms with E-state index >= 15 is 0 Å². The third kappa shape index (κ3) is 1.64. The Kier molecular flexibility index (Phi) is 2.41. The van der Waals surface area contributed by atoms with Crippen LogP contribution in [0.1, 0.15) is 34.9 Å². The van der Waals surface area contributed by atoms with Crippen molar-refractivity contribution in [3.63, 3.8) is 0 Å². The van der Waals surface area contributed by atoms with E-state index in [1.54, 1.807) is 0 Å². The number of thiophene rings is 1.